The van der Waals surface area contributed by atoms with Gasteiger partial charge in [-0.1, -0.05) is 41.1 Å². The number of benzene rings is 1. The first-order valence-electron chi connectivity index (χ1n) is 6.33. The molecule has 2 amide bonds. The average Bonchev–Trinajstić information content (AvgIpc) is 2.96. The summed E-state index contributed by atoms with van der Waals surface area (Å²) in [6.07, 6.45) is 1.45. The molecule has 0 saturated carbocycles. The van der Waals surface area contributed by atoms with Crippen molar-refractivity contribution in [1.82, 2.24) is 15.6 Å². The molecular weight excluding hydrogens is 361 g/mol. The fourth-order valence-corrected chi connectivity index (χ4v) is 2.46. The third-order valence-electron chi connectivity index (χ3n) is 2.44. The number of nitrogens with zero attached hydrogens (tertiary/aromatic N) is 3. The van der Waals surface area contributed by atoms with Crippen LogP contribution in [0.4, 0.5) is 5.13 Å². The van der Waals surface area contributed by atoms with Crippen LogP contribution in [0.5, 0.6) is 0 Å². The smallest absolute Gasteiger partial charge is 0.247 e. The molecule has 7 nitrogen and oxygen atoms in total. The minimum Gasteiger partial charge on any atom is -0.299 e. The lowest BCUT2D eigenvalue weighted by Crippen LogP contribution is -2.19. The molecule has 2 N–H and O–H groups in total. The Balaban J connectivity index is 1.85. The van der Waals surface area contributed by atoms with Gasteiger partial charge in [-0.2, -0.15) is 5.10 Å². The van der Waals surface area contributed by atoms with E-state index >= 15 is 0 Å². The molecule has 0 fully saturated rings. The van der Waals surface area contributed by atoms with Crippen LogP contribution in [0.25, 0.3) is 0 Å². The van der Waals surface area contributed by atoms with Gasteiger partial charge < -0.3 is 0 Å². The number of rotatable bonds is 6. The fraction of sp³-hybridized carbons (Fsp3) is 0.154. The molecule has 0 aliphatic heterocycles. The van der Waals surface area contributed by atoms with Crippen LogP contribution in [-0.2, 0) is 16.0 Å². The van der Waals surface area contributed by atoms with E-state index < -0.39 is 0 Å². The molecule has 0 saturated heterocycles. The number of alkyl halides is 1. The first-order chi connectivity index (χ1) is 11.1. The highest BCUT2D eigenvalue weighted by Gasteiger charge is 2.10. The van der Waals surface area contributed by atoms with Crippen LogP contribution in [0.1, 0.15) is 10.6 Å². The van der Waals surface area contributed by atoms with Crippen LogP contribution in [-0.4, -0.2) is 34.1 Å². The van der Waals surface area contributed by atoms with E-state index in [1.54, 1.807) is 18.2 Å². The molecule has 10 heteroatoms. The van der Waals surface area contributed by atoms with E-state index in [0.29, 0.717) is 15.6 Å². The largest absolute Gasteiger partial charge is 0.299 e. The highest BCUT2D eigenvalue weighted by atomic mass is 35.5. The van der Waals surface area contributed by atoms with Crippen LogP contribution in [0, 0.1) is 0 Å². The summed E-state index contributed by atoms with van der Waals surface area (Å²) in [6.45, 7) is 0. The fourth-order valence-electron chi connectivity index (χ4n) is 1.46. The van der Waals surface area contributed by atoms with E-state index in [1.807, 2.05) is 6.07 Å². The second-order valence-corrected chi connectivity index (χ2v) is 5.91. The number of hydrazone groups is 1. The number of hydrogen-bond acceptors (Lipinski definition) is 6. The summed E-state index contributed by atoms with van der Waals surface area (Å²) in [5.41, 5.74) is 3.06. The van der Waals surface area contributed by atoms with E-state index in [1.165, 1.54) is 6.21 Å². The van der Waals surface area contributed by atoms with Crippen molar-refractivity contribution in [1.29, 1.82) is 0 Å². The summed E-state index contributed by atoms with van der Waals surface area (Å²) < 4.78 is 0. The zero-order valence-corrected chi connectivity index (χ0v) is 14.0. The zero-order chi connectivity index (χ0) is 16.7. The molecule has 0 bridgehead atoms. The molecule has 1 aromatic heterocycles. The molecule has 0 atom stereocenters. The topological polar surface area (TPSA) is 96.3 Å². The molecule has 0 radical (unpaired) electrons. The number of halogens is 2. The van der Waals surface area contributed by atoms with Gasteiger partial charge in [-0.25, -0.2) is 5.43 Å². The van der Waals surface area contributed by atoms with Crippen molar-refractivity contribution in [2.24, 2.45) is 5.10 Å². The summed E-state index contributed by atoms with van der Waals surface area (Å²) in [5, 5.41) is 15.1. The summed E-state index contributed by atoms with van der Waals surface area (Å²) in [6, 6.07) is 7.11. The van der Waals surface area contributed by atoms with Gasteiger partial charge in [-0.3, -0.25) is 14.9 Å². The number of carbonyl (C=O) groups is 2. The van der Waals surface area contributed by atoms with Crippen molar-refractivity contribution in [2.45, 2.75) is 6.42 Å². The lowest BCUT2D eigenvalue weighted by Gasteiger charge is -1.98. The summed E-state index contributed by atoms with van der Waals surface area (Å²) >= 11 is 12.4. The Morgan fingerprint density at radius 1 is 1.26 bits per heavy atom. The lowest BCUT2D eigenvalue weighted by atomic mass is 10.2. The van der Waals surface area contributed by atoms with Crippen molar-refractivity contribution in [3.8, 4) is 0 Å². The second-order valence-electron chi connectivity index (χ2n) is 4.17. The molecular formula is C13H11Cl2N5O2S. The molecule has 0 unspecified atom stereocenters. The van der Waals surface area contributed by atoms with Crippen molar-refractivity contribution in [3.05, 3.63) is 39.9 Å². The Bertz CT molecular complexity index is 735. The van der Waals surface area contributed by atoms with Crippen molar-refractivity contribution in [3.63, 3.8) is 0 Å². The Hall–Kier alpha value is -2.03. The van der Waals surface area contributed by atoms with Gasteiger partial charge in [-0.05, 0) is 6.07 Å². The molecule has 0 aliphatic carbocycles. The summed E-state index contributed by atoms with van der Waals surface area (Å²) in [4.78, 5) is 22.9. The third kappa shape index (κ3) is 5.59. The van der Waals surface area contributed by atoms with Crippen LogP contribution in [0.3, 0.4) is 0 Å². The first-order valence-corrected chi connectivity index (χ1v) is 8.06. The number of carbonyl (C=O) groups excluding carboxylic acids is 2. The van der Waals surface area contributed by atoms with E-state index in [2.05, 4.69) is 26.0 Å². The number of amides is 2. The highest BCUT2D eigenvalue weighted by Crippen LogP contribution is 2.15. The van der Waals surface area contributed by atoms with Crippen molar-refractivity contribution >= 4 is 57.7 Å². The lowest BCUT2D eigenvalue weighted by molar-refractivity contribution is -0.120. The standard InChI is InChI=1S/C13H11Cl2N5O2S/c14-6-11(22)17-13-20-19-12(23-13)5-10(21)18-16-7-8-3-1-2-4-9(8)15/h1-4,7H,5-6H2,(H,18,21)(H,17,20,22)/b16-7-. The maximum atomic E-state index is 11.7. The molecule has 1 heterocycles. The van der Waals surface area contributed by atoms with Crippen LogP contribution in [0.15, 0.2) is 29.4 Å². The van der Waals surface area contributed by atoms with E-state index in [4.69, 9.17) is 23.2 Å². The van der Waals surface area contributed by atoms with Gasteiger partial charge in [0.05, 0.1) is 12.6 Å². The molecule has 120 valence electrons. The predicted octanol–water partition coefficient (Wildman–Crippen LogP) is 2.06. The molecule has 0 aliphatic rings. The normalized spacial score (nSPS) is 10.7. The van der Waals surface area contributed by atoms with Crippen molar-refractivity contribution in [2.75, 3.05) is 11.2 Å². The summed E-state index contributed by atoms with van der Waals surface area (Å²) in [7, 11) is 0. The number of anilines is 1. The SMILES string of the molecule is O=C(Cc1nnc(NC(=O)CCl)s1)N/N=C\c1ccccc1Cl. The summed E-state index contributed by atoms with van der Waals surface area (Å²) in [5.74, 6) is -0.922. The highest BCUT2D eigenvalue weighted by molar-refractivity contribution is 7.15. The number of nitrogens with one attached hydrogen (secondary N) is 2. The number of hydrogen-bond donors (Lipinski definition) is 2. The van der Waals surface area contributed by atoms with Crippen LogP contribution in [0.2, 0.25) is 5.02 Å². The van der Waals surface area contributed by atoms with E-state index in [9.17, 15) is 9.59 Å². The Kier molecular flexibility index (Phi) is 6.45. The second kappa shape index (κ2) is 8.56. The monoisotopic (exact) mass is 371 g/mol. The Morgan fingerprint density at radius 2 is 2.04 bits per heavy atom. The maximum absolute atomic E-state index is 11.7. The predicted molar refractivity (Wildman–Crippen MR) is 90.2 cm³/mol. The molecule has 2 aromatic rings. The third-order valence-corrected chi connectivity index (χ3v) is 3.87. The van der Waals surface area contributed by atoms with Gasteiger partial charge in [0.2, 0.25) is 16.9 Å². The molecule has 1 aromatic carbocycles. The first kappa shape index (κ1) is 17.3. The quantitative estimate of drug-likeness (QED) is 0.461. The average molecular weight is 372 g/mol. The zero-order valence-electron chi connectivity index (χ0n) is 11.6. The van der Waals surface area contributed by atoms with Gasteiger partial charge in [0.25, 0.3) is 0 Å². The van der Waals surface area contributed by atoms with Gasteiger partial charge in [0.1, 0.15) is 10.9 Å². The van der Waals surface area contributed by atoms with E-state index in [0.717, 1.165) is 11.3 Å². The molecule has 2 rings (SSSR count). The molecule has 0 spiro atoms. The minimum absolute atomic E-state index is 0.00568. The maximum Gasteiger partial charge on any atom is 0.247 e. The number of aromatic nitrogens is 2. The Labute approximate surface area is 145 Å². The van der Waals surface area contributed by atoms with E-state index in [-0.39, 0.29) is 29.2 Å². The van der Waals surface area contributed by atoms with Crippen LogP contribution >= 0.6 is 34.5 Å². The Morgan fingerprint density at radius 3 is 2.78 bits per heavy atom. The minimum atomic E-state index is -0.386. The van der Waals surface area contributed by atoms with Gasteiger partial charge in [0, 0.05) is 10.6 Å². The van der Waals surface area contributed by atoms with Gasteiger partial charge in [-0.15, -0.1) is 21.8 Å². The van der Waals surface area contributed by atoms with Crippen LogP contribution < -0.4 is 10.7 Å². The van der Waals surface area contributed by atoms with Crippen molar-refractivity contribution < 1.29 is 9.59 Å². The molecule has 23 heavy (non-hydrogen) atoms. The van der Waals surface area contributed by atoms with Gasteiger partial charge >= 0.3 is 0 Å². The van der Waals surface area contributed by atoms with Gasteiger partial charge in [0.15, 0.2) is 0 Å².